The Balaban J connectivity index is 1.78. The first-order valence-corrected chi connectivity index (χ1v) is 9.18. The second-order valence-corrected chi connectivity index (χ2v) is 6.41. The van der Waals surface area contributed by atoms with Crippen molar-refractivity contribution in [2.45, 2.75) is 0 Å². The minimum atomic E-state index is -0.0178. The standard InChI is InChI=1S/C25H20N2O/c28-25(19-11-4-1-5-12-19)22-17-10-18-23(26-20-13-6-2-7-14-20)24(22)27-21-15-8-3-9-16-21/h1-18,26-27H. The van der Waals surface area contributed by atoms with Crippen molar-refractivity contribution in [3.05, 3.63) is 120 Å². The monoisotopic (exact) mass is 364 g/mol. The van der Waals surface area contributed by atoms with Crippen LogP contribution in [0, 0.1) is 0 Å². The normalized spacial score (nSPS) is 10.3. The molecule has 0 aromatic heterocycles. The molecule has 3 nitrogen and oxygen atoms in total. The molecule has 0 atom stereocenters. The van der Waals surface area contributed by atoms with Crippen LogP contribution in [0.5, 0.6) is 0 Å². The van der Waals surface area contributed by atoms with Gasteiger partial charge < -0.3 is 10.6 Å². The molecule has 3 heteroatoms. The smallest absolute Gasteiger partial charge is 0.195 e. The highest BCUT2D eigenvalue weighted by atomic mass is 16.1. The van der Waals surface area contributed by atoms with Gasteiger partial charge >= 0.3 is 0 Å². The number of nitrogens with one attached hydrogen (secondary N) is 2. The summed E-state index contributed by atoms with van der Waals surface area (Å²) < 4.78 is 0. The fourth-order valence-electron chi connectivity index (χ4n) is 3.07. The molecule has 28 heavy (non-hydrogen) atoms. The zero-order valence-electron chi connectivity index (χ0n) is 15.3. The lowest BCUT2D eigenvalue weighted by Gasteiger charge is -2.18. The molecule has 136 valence electrons. The van der Waals surface area contributed by atoms with Crippen molar-refractivity contribution < 1.29 is 4.79 Å². The molecule has 0 saturated carbocycles. The summed E-state index contributed by atoms with van der Waals surface area (Å²) in [7, 11) is 0. The number of rotatable bonds is 6. The topological polar surface area (TPSA) is 41.1 Å². The van der Waals surface area contributed by atoms with E-state index in [0.29, 0.717) is 11.1 Å². The van der Waals surface area contributed by atoms with E-state index in [4.69, 9.17) is 0 Å². The van der Waals surface area contributed by atoms with Crippen molar-refractivity contribution in [1.29, 1.82) is 0 Å². The van der Waals surface area contributed by atoms with Crippen LogP contribution in [0.25, 0.3) is 0 Å². The maximum atomic E-state index is 13.2. The van der Waals surface area contributed by atoms with Gasteiger partial charge in [-0.1, -0.05) is 72.8 Å². The number of carbonyl (C=O) groups is 1. The van der Waals surface area contributed by atoms with Crippen molar-refractivity contribution in [2.24, 2.45) is 0 Å². The molecule has 2 N–H and O–H groups in total. The van der Waals surface area contributed by atoms with E-state index in [2.05, 4.69) is 10.6 Å². The molecule has 0 aliphatic carbocycles. The number of hydrogen-bond acceptors (Lipinski definition) is 3. The van der Waals surface area contributed by atoms with E-state index in [1.54, 1.807) is 0 Å². The van der Waals surface area contributed by atoms with Crippen LogP contribution in [0.15, 0.2) is 109 Å². The molecule has 0 heterocycles. The van der Waals surface area contributed by atoms with Crippen molar-refractivity contribution in [3.63, 3.8) is 0 Å². The van der Waals surface area contributed by atoms with Crippen molar-refractivity contribution in [3.8, 4) is 0 Å². The first kappa shape index (κ1) is 17.6. The molecule has 0 bridgehead atoms. The van der Waals surface area contributed by atoms with E-state index in [1.807, 2.05) is 109 Å². The average Bonchev–Trinajstić information content (AvgIpc) is 2.76. The fraction of sp³-hybridized carbons (Fsp3) is 0. The van der Waals surface area contributed by atoms with Gasteiger partial charge in [-0.3, -0.25) is 4.79 Å². The molecule has 0 aliphatic heterocycles. The Kier molecular flexibility index (Phi) is 5.16. The lowest BCUT2D eigenvalue weighted by atomic mass is 10.00. The van der Waals surface area contributed by atoms with Crippen LogP contribution < -0.4 is 10.6 Å². The second-order valence-electron chi connectivity index (χ2n) is 6.41. The van der Waals surface area contributed by atoms with E-state index in [1.165, 1.54) is 0 Å². The highest BCUT2D eigenvalue weighted by molar-refractivity contribution is 6.14. The van der Waals surface area contributed by atoms with Crippen LogP contribution in [-0.4, -0.2) is 5.78 Å². The van der Waals surface area contributed by atoms with E-state index in [9.17, 15) is 4.79 Å². The summed E-state index contributed by atoms with van der Waals surface area (Å²) in [6.45, 7) is 0. The third-order valence-corrected chi connectivity index (χ3v) is 4.44. The SMILES string of the molecule is O=C(c1ccccc1)c1cccc(Nc2ccccc2)c1Nc1ccccc1. The Labute approximate surface area is 164 Å². The Hall–Kier alpha value is -3.85. The van der Waals surface area contributed by atoms with Gasteiger partial charge in [0.25, 0.3) is 0 Å². The van der Waals surface area contributed by atoms with E-state index >= 15 is 0 Å². The number of benzene rings is 4. The van der Waals surface area contributed by atoms with Gasteiger partial charge in [0.2, 0.25) is 0 Å². The molecule has 0 saturated heterocycles. The van der Waals surface area contributed by atoms with Crippen molar-refractivity contribution in [1.82, 2.24) is 0 Å². The maximum Gasteiger partial charge on any atom is 0.195 e. The molecule has 0 amide bonds. The van der Waals surface area contributed by atoms with Crippen LogP contribution in [0.3, 0.4) is 0 Å². The van der Waals surface area contributed by atoms with Gasteiger partial charge in [0.05, 0.1) is 11.4 Å². The lowest BCUT2D eigenvalue weighted by molar-refractivity contribution is 0.103. The quantitative estimate of drug-likeness (QED) is 0.389. The number of anilines is 4. The number of para-hydroxylation sites is 3. The molecular formula is C25H20N2O. The molecule has 4 aromatic carbocycles. The average molecular weight is 364 g/mol. The Morgan fingerprint density at radius 2 is 1.07 bits per heavy atom. The van der Waals surface area contributed by atoms with E-state index in [-0.39, 0.29) is 5.78 Å². The zero-order valence-corrected chi connectivity index (χ0v) is 15.3. The number of carbonyl (C=O) groups excluding carboxylic acids is 1. The summed E-state index contributed by atoms with van der Waals surface area (Å²) in [5.41, 5.74) is 4.77. The number of ketones is 1. The fourth-order valence-corrected chi connectivity index (χ4v) is 3.07. The molecule has 0 unspecified atom stereocenters. The van der Waals surface area contributed by atoms with Crippen molar-refractivity contribution >= 4 is 28.5 Å². The molecule has 0 radical (unpaired) electrons. The molecule has 4 aromatic rings. The summed E-state index contributed by atoms with van der Waals surface area (Å²) in [4.78, 5) is 13.2. The predicted octanol–water partition coefficient (Wildman–Crippen LogP) is 6.40. The van der Waals surface area contributed by atoms with E-state index < -0.39 is 0 Å². The predicted molar refractivity (Wildman–Crippen MR) is 116 cm³/mol. The van der Waals surface area contributed by atoms with Gasteiger partial charge in [-0.05, 0) is 36.4 Å². The van der Waals surface area contributed by atoms with Crippen LogP contribution in [0.2, 0.25) is 0 Å². The summed E-state index contributed by atoms with van der Waals surface area (Å²) in [5, 5.41) is 6.85. The number of hydrogen-bond donors (Lipinski definition) is 2. The third kappa shape index (κ3) is 3.94. The molecule has 0 aliphatic rings. The third-order valence-electron chi connectivity index (χ3n) is 4.44. The summed E-state index contributed by atoms with van der Waals surface area (Å²) in [6, 6.07) is 34.9. The second kappa shape index (κ2) is 8.23. The minimum absolute atomic E-state index is 0.0178. The maximum absolute atomic E-state index is 13.2. The van der Waals surface area contributed by atoms with Crippen LogP contribution in [0.1, 0.15) is 15.9 Å². The summed E-state index contributed by atoms with van der Waals surface area (Å²) in [6.07, 6.45) is 0. The zero-order chi connectivity index (χ0) is 19.2. The highest BCUT2D eigenvalue weighted by Gasteiger charge is 2.17. The van der Waals surface area contributed by atoms with Gasteiger partial charge in [0.15, 0.2) is 5.78 Å². The highest BCUT2D eigenvalue weighted by Crippen LogP contribution is 2.33. The Morgan fingerprint density at radius 1 is 0.536 bits per heavy atom. The summed E-state index contributed by atoms with van der Waals surface area (Å²) in [5.74, 6) is -0.0178. The van der Waals surface area contributed by atoms with Gasteiger partial charge in [-0.25, -0.2) is 0 Å². The molecule has 4 rings (SSSR count). The van der Waals surface area contributed by atoms with Crippen LogP contribution >= 0.6 is 0 Å². The first-order valence-electron chi connectivity index (χ1n) is 9.18. The van der Waals surface area contributed by atoms with Gasteiger partial charge in [0.1, 0.15) is 0 Å². The summed E-state index contributed by atoms with van der Waals surface area (Å²) >= 11 is 0. The van der Waals surface area contributed by atoms with Gasteiger partial charge in [-0.2, -0.15) is 0 Å². The molecular weight excluding hydrogens is 344 g/mol. The molecule has 0 spiro atoms. The first-order chi connectivity index (χ1) is 13.8. The Bertz CT molecular complexity index is 1060. The van der Waals surface area contributed by atoms with Crippen LogP contribution in [-0.2, 0) is 0 Å². The largest absolute Gasteiger partial charge is 0.354 e. The lowest BCUT2D eigenvalue weighted by Crippen LogP contribution is -2.08. The van der Waals surface area contributed by atoms with Gasteiger partial charge in [-0.15, -0.1) is 0 Å². The molecule has 0 fully saturated rings. The Morgan fingerprint density at radius 3 is 1.68 bits per heavy atom. The van der Waals surface area contributed by atoms with Crippen LogP contribution in [0.4, 0.5) is 22.7 Å². The van der Waals surface area contributed by atoms with E-state index in [0.717, 1.165) is 22.7 Å². The van der Waals surface area contributed by atoms with Gasteiger partial charge in [0, 0.05) is 22.5 Å². The van der Waals surface area contributed by atoms with Crippen molar-refractivity contribution in [2.75, 3.05) is 10.6 Å². The minimum Gasteiger partial charge on any atom is -0.354 e.